The minimum atomic E-state index is -0.852. The van der Waals surface area contributed by atoms with Gasteiger partial charge in [-0.1, -0.05) is 6.42 Å². The maximum atomic E-state index is 11.2. The Hall–Kier alpha value is -0.980. The molecule has 0 unspecified atom stereocenters. The van der Waals surface area contributed by atoms with Crippen LogP contribution in [-0.4, -0.2) is 52.8 Å². The third-order valence-corrected chi connectivity index (χ3v) is 4.69. The largest absolute Gasteiger partial charge is 0.477 e. The summed E-state index contributed by atoms with van der Waals surface area (Å²) < 4.78 is 0. The molecule has 6 heteroatoms. The fraction of sp³-hybridized carbons (Fsp3) is 0.692. The van der Waals surface area contributed by atoms with Crippen molar-refractivity contribution in [1.29, 1.82) is 0 Å². The van der Waals surface area contributed by atoms with Gasteiger partial charge in [0.05, 0.1) is 17.3 Å². The standard InChI is InChI=1S/C13H20N2O3S/c1-15(7-8-16)6-5-10-14-11(9-3-2-4-9)12(19-10)13(17)18/h9,16H,2-8H2,1H3,(H,17,18). The number of aliphatic hydroxyl groups excluding tert-OH is 1. The number of rotatable bonds is 7. The van der Waals surface area contributed by atoms with E-state index in [9.17, 15) is 9.90 Å². The summed E-state index contributed by atoms with van der Waals surface area (Å²) in [7, 11) is 1.94. The zero-order valence-electron chi connectivity index (χ0n) is 11.1. The first-order valence-electron chi connectivity index (χ1n) is 6.64. The Morgan fingerprint density at radius 3 is 2.74 bits per heavy atom. The van der Waals surface area contributed by atoms with Crippen molar-refractivity contribution in [3.05, 3.63) is 15.6 Å². The molecule has 19 heavy (non-hydrogen) atoms. The Balaban J connectivity index is 2.03. The number of aliphatic hydroxyl groups is 1. The first-order chi connectivity index (χ1) is 9.11. The molecule has 1 saturated carbocycles. The predicted molar refractivity (Wildman–Crippen MR) is 74.0 cm³/mol. The van der Waals surface area contributed by atoms with Crippen LogP contribution in [-0.2, 0) is 6.42 Å². The highest BCUT2D eigenvalue weighted by molar-refractivity contribution is 7.13. The number of thiazole rings is 1. The van der Waals surface area contributed by atoms with Gasteiger partial charge in [-0.2, -0.15) is 0 Å². The van der Waals surface area contributed by atoms with Crippen LogP contribution in [0.2, 0.25) is 0 Å². The normalized spacial score (nSPS) is 15.7. The molecule has 2 N–H and O–H groups in total. The number of nitrogens with zero attached hydrogens (tertiary/aromatic N) is 2. The zero-order valence-corrected chi connectivity index (χ0v) is 11.9. The minimum Gasteiger partial charge on any atom is -0.477 e. The van der Waals surface area contributed by atoms with E-state index in [1.54, 1.807) is 0 Å². The molecule has 0 radical (unpaired) electrons. The van der Waals surface area contributed by atoms with Crippen molar-refractivity contribution in [3.8, 4) is 0 Å². The summed E-state index contributed by atoms with van der Waals surface area (Å²) in [5.41, 5.74) is 0.795. The van der Waals surface area contributed by atoms with Gasteiger partial charge in [-0.15, -0.1) is 11.3 Å². The summed E-state index contributed by atoms with van der Waals surface area (Å²) in [6.07, 6.45) is 4.05. The van der Waals surface area contributed by atoms with Crippen molar-refractivity contribution in [3.63, 3.8) is 0 Å². The van der Waals surface area contributed by atoms with E-state index < -0.39 is 5.97 Å². The average molecular weight is 284 g/mol. The fourth-order valence-electron chi connectivity index (χ4n) is 2.17. The van der Waals surface area contributed by atoms with Gasteiger partial charge in [0.25, 0.3) is 0 Å². The molecular weight excluding hydrogens is 264 g/mol. The lowest BCUT2D eigenvalue weighted by atomic mass is 9.82. The molecule has 2 rings (SSSR count). The van der Waals surface area contributed by atoms with E-state index >= 15 is 0 Å². The maximum absolute atomic E-state index is 11.2. The lowest BCUT2D eigenvalue weighted by Crippen LogP contribution is -2.24. The Bertz CT molecular complexity index is 443. The molecule has 1 aliphatic rings. The van der Waals surface area contributed by atoms with Crippen molar-refractivity contribution in [1.82, 2.24) is 9.88 Å². The molecule has 1 heterocycles. The molecule has 1 aromatic rings. The Labute approximate surface area is 116 Å². The first kappa shape index (κ1) is 14.4. The molecule has 0 saturated heterocycles. The van der Waals surface area contributed by atoms with Crippen LogP contribution in [0, 0.1) is 0 Å². The van der Waals surface area contributed by atoms with Gasteiger partial charge < -0.3 is 15.1 Å². The number of hydrogen-bond acceptors (Lipinski definition) is 5. The van der Waals surface area contributed by atoms with Crippen LogP contribution in [0.25, 0.3) is 0 Å². The smallest absolute Gasteiger partial charge is 0.347 e. The third-order valence-electron chi connectivity index (χ3n) is 3.57. The minimum absolute atomic E-state index is 0.141. The number of likely N-dealkylation sites (N-methyl/N-ethyl adjacent to an activating group) is 1. The van der Waals surface area contributed by atoms with Crippen molar-refractivity contribution < 1.29 is 15.0 Å². The molecular formula is C13H20N2O3S. The molecule has 0 aliphatic heterocycles. The molecule has 0 spiro atoms. The molecule has 0 bridgehead atoms. The van der Waals surface area contributed by atoms with Gasteiger partial charge in [0.2, 0.25) is 0 Å². The topological polar surface area (TPSA) is 73.7 Å². The second-order valence-corrected chi connectivity index (χ2v) is 6.12. The van der Waals surface area contributed by atoms with Gasteiger partial charge in [0.1, 0.15) is 4.88 Å². The number of hydrogen-bond donors (Lipinski definition) is 2. The van der Waals surface area contributed by atoms with Crippen LogP contribution in [0.15, 0.2) is 0 Å². The summed E-state index contributed by atoms with van der Waals surface area (Å²) in [6, 6.07) is 0. The summed E-state index contributed by atoms with van der Waals surface area (Å²) in [5.74, 6) is -0.499. The summed E-state index contributed by atoms with van der Waals surface area (Å²) in [6.45, 7) is 1.56. The van der Waals surface area contributed by atoms with E-state index in [2.05, 4.69) is 4.98 Å². The average Bonchev–Trinajstić information content (AvgIpc) is 2.68. The highest BCUT2D eigenvalue weighted by Gasteiger charge is 2.28. The Morgan fingerprint density at radius 1 is 1.47 bits per heavy atom. The summed E-state index contributed by atoms with van der Waals surface area (Å²) >= 11 is 1.31. The van der Waals surface area contributed by atoms with Gasteiger partial charge >= 0.3 is 5.97 Å². The molecule has 0 aromatic carbocycles. The van der Waals surface area contributed by atoms with Crippen molar-refractivity contribution in [2.24, 2.45) is 0 Å². The van der Waals surface area contributed by atoms with Crippen molar-refractivity contribution in [2.75, 3.05) is 26.7 Å². The van der Waals surface area contributed by atoms with E-state index in [0.717, 1.165) is 36.5 Å². The first-order valence-corrected chi connectivity index (χ1v) is 7.45. The van der Waals surface area contributed by atoms with Gasteiger partial charge in [-0.3, -0.25) is 0 Å². The van der Waals surface area contributed by atoms with Gasteiger partial charge in [-0.05, 0) is 19.9 Å². The van der Waals surface area contributed by atoms with E-state index in [1.165, 1.54) is 17.8 Å². The molecule has 0 atom stereocenters. The van der Waals surface area contributed by atoms with Crippen molar-refractivity contribution >= 4 is 17.3 Å². The maximum Gasteiger partial charge on any atom is 0.347 e. The van der Waals surface area contributed by atoms with Crippen LogP contribution >= 0.6 is 11.3 Å². The Kier molecular flexibility index (Phi) is 4.90. The Morgan fingerprint density at radius 2 is 2.21 bits per heavy atom. The third kappa shape index (κ3) is 3.52. The molecule has 1 aromatic heterocycles. The van der Waals surface area contributed by atoms with Crippen LogP contribution in [0.5, 0.6) is 0 Å². The summed E-state index contributed by atoms with van der Waals surface area (Å²) in [5, 5.41) is 19.0. The van der Waals surface area contributed by atoms with Crippen LogP contribution in [0.3, 0.4) is 0 Å². The monoisotopic (exact) mass is 284 g/mol. The van der Waals surface area contributed by atoms with Gasteiger partial charge in [0.15, 0.2) is 0 Å². The zero-order chi connectivity index (χ0) is 13.8. The molecule has 1 fully saturated rings. The number of aromatic carboxylic acids is 1. The van der Waals surface area contributed by atoms with Gasteiger partial charge in [0, 0.05) is 25.4 Å². The number of carboxylic acid groups (broad SMARTS) is 1. The van der Waals surface area contributed by atoms with Crippen molar-refractivity contribution in [2.45, 2.75) is 31.6 Å². The summed E-state index contributed by atoms with van der Waals surface area (Å²) in [4.78, 5) is 18.2. The second-order valence-electron chi connectivity index (χ2n) is 5.03. The quantitative estimate of drug-likeness (QED) is 0.795. The van der Waals surface area contributed by atoms with Crippen LogP contribution in [0.1, 0.15) is 45.6 Å². The lowest BCUT2D eigenvalue weighted by molar-refractivity contribution is 0.0699. The number of carbonyl (C=O) groups is 1. The van der Waals surface area contributed by atoms with E-state index in [1.807, 2.05) is 11.9 Å². The van der Waals surface area contributed by atoms with Crippen LogP contribution < -0.4 is 0 Å². The SMILES string of the molecule is CN(CCO)CCc1nc(C2CCC2)c(C(=O)O)s1. The van der Waals surface area contributed by atoms with E-state index in [4.69, 9.17) is 5.11 Å². The number of aromatic nitrogens is 1. The molecule has 1 aliphatic carbocycles. The highest BCUT2D eigenvalue weighted by Crippen LogP contribution is 2.39. The number of carboxylic acids is 1. The highest BCUT2D eigenvalue weighted by atomic mass is 32.1. The van der Waals surface area contributed by atoms with E-state index in [0.29, 0.717) is 17.3 Å². The van der Waals surface area contributed by atoms with Crippen LogP contribution in [0.4, 0.5) is 0 Å². The molecule has 0 amide bonds. The second kappa shape index (κ2) is 6.45. The molecule has 5 nitrogen and oxygen atoms in total. The molecule has 106 valence electrons. The van der Waals surface area contributed by atoms with E-state index in [-0.39, 0.29) is 6.61 Å². The van der Waals surface area contributed by atoms with Gasteiger partial charge in [-0.25, -0.2) is 9.78 Å². The predicted octanol–water partition coefficient (Wildman–Crippen LogP) is 1.58. The fourth-order valence-corrected chi connectivity index (χ4v) is 3.14. The lowest BCUT2D eigenvalue weighted by Gasteiger charge is -2.23.